The van der Waals surface area contributed by atoms with E-state index in [1.165, 1.54) is 25.2 Å². The van der Waals surface area contributed by atoms with Crippen LogP contribution in [0.5, 0.6) is 11.5 Å². The molecule has 1 atom stereocenters. The molecule has 0 aromatic heterocycles. The SMILES string of the molecule is COc1ccc(F)c(C(=O)N2CCC(C(=O)O)(C(C)C)C2)c1OC. The maximum Gasteiger partial charge on any atom is 0.311 e. The molecule has 0 radical (unpaired) electrons. The van der Waals surface area contributed by atoms with Gasteiger partial charge in [0.05, 0.1) is 19.6 Å². The molecule has 1 saturated heterocycles. The van der Waals surface area contributed by atoms with E-state index in [2.05, 4.69) is 0 Å². The average molecular weight is 339 g/mol. The third-order valence-electron chi connectivity index (χ3n) is 4.83. The molecule has 1 unspecified atom stereocenters. The first-order valence-electron chi connectivity index (χ1n) is 7.71. The highest BCUT2D eigenvalue weighted by Crippen LogP contribution is 2.40. The summed E-state index contributed by atoms with van der Waals surface area (Å²) in [5.74, 6) is -2.15. The number of ether oxygens (including phenoxy) is 2. The molecular formula is C17H22FNO5. The third kappa shape index (κ3) is 2.79. The summed E-state index contributed by atoms with van der Waals surface area (Å²) in [6.45, 7) is 3.92. The Hall–Kier alpha value is -2.31. The van der Waals surface area contributed by atoms with Crippen LogP contribution in [-0.4, -0.2) is 49.2 Å². The maximum atomic E-state index is 14.3. The van der Waals surface area contributed by atoms with Crippen LogP contribution in [0.2, 0.25) is 0 Å². The Morgan fingerprint density at radius 3 is 2.42 bits per heavy atom. The largest absolute Gasteiger partial charge is 0.493 e. The van der Waals surface area contributed by atoms with Crippen LogP contribution in [-0.2, 0) is 4.79 Å². The van der Waals surface area contributed by atoms with Crippen molar-refractivity contribution in [2.24, 2.45) is 11.3 Å². The zero-order chi connectivity index (χ0) is 18.1. The number of carboxylic acids is 1. The van der Waals surface area contributed by atoms with Crippen LogP contribution in [0.15, 0.2) is 12.1 Å². The normalized spacial score (nSPS) is 20.3. The molecule has 132 valence electrons. The zero-order valence-corrected chi connectivity index (χ0v) is 14.3. The minimum absolute atomic E-state index is 0.0138. The predicted octanol–water partition coefficient (Wildman–Crippen LogP) is 2.42. The van der Waals surface area contributed by atoms with Crippen molar-refractivity contribution >= 4 is 11.9 Å². The van der Waals surface area contributed by atoms with Gasteiger partial charge in [0.1, 0.15) is 11.4 Å². The molecule has 1 aromatic carbocycles. The van der Waals surface area contributed by atoms with Crippen molar-refractivity contribution in [3.8, 4) is 11.5 Å². The molecule has 7 heteroatoms. The first-order valence-corrected chi connectivity index (χ1v) is 7.71. The molecule has 1 fully saturated rings. The molecule has 0 aliphatic carbocycles. The van der Waals surface area contributed by atoms with Gasteiger partial charge in [-0.05, 0) is 24.5 Å². The van der Waals surface area contributed by atoms with Crippen LogP contribution in [0.1, 0.15) is 30.6 Å². The van der Waals surface area contributed by atoms with Crippen LogP contribution < -0.4 is 9.47 Å². The number of carbonyl (C=O) groups is 2. The number of nitrogens with zero attached hydrogens (tertiary/aromatic N) is 1. The van der Waals surface area contributed by atoms with Crippen LogP contribution >= 0.6 is 0 Å². The maximum absolute atomic E-state index is 14.3. The summed E-state index contributed by atoms with van der Waals surface area (Å²) in [6, 6.07) is 2.52. The van der Waals surface area contributed by atoms with E-state index in [-0.39, 0.29) is 36.1 Å². The van der Waals surface area contributed by atoms with E-state index in [9.17, 15) is 19.1 Å². The number of likely N-dealkylation sites (tertiary alicyclic amines) is 1. The predicted molar refractivity (Wildman–Crippen MR) is 84.9 cm³/mol. The third-order valence-corrected chi connectivity index (χ3v) is 4.83. The van der Waals surface area contributed by atoms with Crippen molar-refractivity contribution in [1.82, 2.24) is 4.90 Å². The zero-order valence-electron chi connectivity index (χ0n) is 14.3. The summed E-state index contributed by atoms with van der Waals surface area (Å²) in [5, 5.41) is 9.59. The van der Waals surface area contributed by atoms with Crippen molar-refractivity contribution in [3.05, 3.63) is 23.5 Å². The van der Waals surface area contributed by atoms with E-state index in [4.69, 9.17) is 9.47 Å². The molecule has 1 aliphatic rings. The van der Waals surface area contributed by atoms with E-state index in [1.54, 1.807) is 0 Å². The van der Waals surface area contributed by atoms with Gasteiger partial charge < -0.3 is 19.5 Å². The number of hydrogen-bond acceptors (Lipinski definition) is 4. The molecule has 1 N–H and O–H groups in total. The van der Waals surface area contributed by atoms with E-state index >= 15 is 0 Å². The molecule has 1 amide bonds. The Labute approximate surface area is 140 Å². The van der Waals surface area contributed by atoms with E-state index in [0.717, 1.165) is 6.07 Å². The highest BCUT2D eigenvalue weighted by Gasteiger charge is 2.49. The Balaban J connectivity index is 2.39. The van der Waals surface area contributed by atoms with Crippen LogP contribution in [0.4, 0.5) is 4.39 Å². The van der Waals surface area contributed by atoms with Crippen molar-refractivity contribution < 1.29 is 28.6 Å². The minimum atomic E-state index is -1.02. The number of aliphatic carboxylic acids is 1. The molecule has 0 saturated carbocycles. The van der Waals surface area contributed by atoms with Gasteiger partial charge in [0.25, 0.3) is 5.91 Å². The topological polar surface area (TPSA) is 76.1 Å². The van der Waals surface area contributed by atoms with Gasteiger partial charge in [-0.1, -0.05) is 13.8 Å². The van der Waals surface area contributed by atoms with Crippen molar-refractivity contribution in [2.45, 2.75) is 20.3 Å². The second kappa shape index (κ2) is 6.67. The number of amides is 1. The quantitative estimate of drug-likeness (QED) is 0.891. The lowest BCUT2D eigenvalue weighted by atomic mass is 9.76. The van der Waals surface area contributed by atoms with Gasteiger partial charge in [-0.2, -0.15) is 0 Å². The standard InChI is InChI=1S/C17H22FNO5/c1-10(2)17(16(21)22)7-8-19(9-17)15(20)13-11(18)5-6-12(23-3)14(13)24-4/h5-6,10H,7-9H2,1-4H3,(H,21,22). The second-order valence-electron chi connectivity index (χ2n) is 6.25. The molecule has 1 aliphatic heterocycles. The lowest BCUT2D eigenvalue weighted by Gasteiger charge is -2.28. The van der Waals surface area contributed by atoms with E-state index in [0.29, 0.717) is 6.42 Å². The molecule has 0 spiro atoms. The summed E-state index contributed by atoms with van der Waals surface area (Å²) in [5.41, 5.74) is -1.25. The van der Waals surface area contributed by atoms with Crippen LogP contribution in [0, 0.1) is 17.2 Å². The Morgan fingerprint density at radius 1 is 1.29 bits per heavy atom. The summed E-state index contributed by atoms with van der Waals surface area (Å²) >= 11 is 0. The van der Waals surface area contributed by atoms with Crippen LogP contribution in [0.3, 0.4) is 0 Å². The lowest BCUT2D eigenvalue weighted by Crippen LogP contribution is -2.40. The molecule has 1 aromatic rings. The summed E-state index contributed by atoms with van der Waals surface area (Å²) in [4.78, 5) is 25.9. The van der Waals surface area contributed by atoms with Gasteiger partial charge in [-0.25, -0.2) is 4.39 Å². The summed E-state index contributed by atoms with van der Waals surface area (Å²) in [6.07, 6.45) is 0.333. The first-order chi connectivity index (χ1) is 11.3. The number of carbonyl (C=O) groups excluding carboxylic acids is 1. The fourth-order valence-electron chi connectivity index (χ4n) is 3.16. The van der Waals surface area contributed by atoms with Crippen molar-refractivity contribution in [3.63, 3.8) is 0 Å². The molecule has 2 rings (SSSR count). The lowest BCUT2D eigenvalue weighted by molar-refractivity contribution is -0.150. The molecule has 0 bridgehead atoms. The monoisotopic (exact) mass is 339 g/mol. The number of methoxy groups -OCH3 is 2. The summed E-state index contributed by atoms with van der Waals surface area (Å²) in [7, 11) is 2.72. The van der Waals surface area contributed by atoms with Crippen molar-refractivity contribution in [2.75, 3.05) is 27.3 Å². The average Bonchev–Trinajstić information content (AvgIpc) is 3.00. The number of carboxylic acid groups (broad SMARTS) is 1. The molecule has 1 heterocycles. The van der Waals surface area contributed by atoms with Gasteiger partial charge in [0.2, 0.25) is 0 Å². The van der Waals surface area contributed by atoms with E-state index in [1.807, 2.05) is 13.8 Å². The first kappa shape index (κ1) is 18.0. The fourth-order valence-corrected chi connectivity index (χ4v) is 3.16. The van der Waals surface area contributed by atoms with Crippen LogP contribution in [0.25, 0.3) is 0 Å². The highest BCUT2D eigenvalue weighted by atomic mass is 19.1. The highest BCUT2D eigenvalue weighted by molar-refractivity contribution is 5.98. The smallest absolute Gasteiger partial charge is 0.311 e. The Kier molecular flexibility index (Phi) is 5.01. The summed E-state index contributed by atoms with van der Waals surface area (Å²) < 4.78 is 24.5. The Morgan fingerprint density at radius 2 is 1.96 bits per heavy atom. The van der Waals surface area contributed by atoms with Gasteiger partial charge in [0.15, 0.2) is 11.5 Å². The van der Waals surface area contributed by atoms with Gasteiger partial charge in [-0.3, -0.25) is 9.59 Å². The second-order valence-corrected chi connectivity index (χ2v) is 6.25. The van der Waals surface area contributed by atoms with Gasteiger partial charge >= 0.3 is 5.97 Å². The molecular weight excluding hydrogens is 317 g/mol. The number of rotatable bonds is 5. The number of halogens is 1. The Bertz CT molecular complexity index is 661. The van der Waals surface area contributed by atoms with Gasteiger partial charge in [-0.15, -0.1) is 0 Å². The molecule has 24 heavy (non-hydrogen) atoms. The fraction of sp³-hybridized carbons (Fsp3) is 0.529. The number of hydrogen-bond donors (Lipinski definition) is 1. The molecule has 6 nitrogen and oxygen atoms in total. The number of benzene rings is 1. The van der Waals surface area contributed by atoms with Gasteiger partial charge in [0, 0.05) is 13.1 Å². The minimum Gasteiger partial charge on any atom is -0.493 e. The van der Waals surface area contributed by atoms with E-state index < -0.39 is 23.1 Å². The van der Waals surface area contributed by atoms with Crippen molar-refractivity contribution in [1.29, 1.82) is 0 Å².